The van der Waals surface area contributed by atoms with Crippen LogP contribution in [0.1, 0.15) is 39.0 Å². The lowest BCUT2D eigenvalue weighted by Gasteiger charge is -2.25. The minimum absolute atomic E-state index is 0.0528. The number of hydrogen-bond donors (Lipinski definition) is 1. The maximum Gasteiger partial charge on any atom is 0.252 e. The summed E-state index contributed by atoms with van der Waals surface area (Å²) in [6.07, 6.45) is 0. The maximum absolute atomic E-state index is 13.0. The lowest BCUT2D eigenvalue weighted by Crippen LogP contribution is -2.34. The molecule has 1 atom stereocenters. The molecule has 3 aromatic rings. The van der Waals surface area contributed by atoms with Crippen LogP contribution >= 0.6 is 11.8 Å². The zero-order chi connectivity index (χ0) is 22.4. The van der Waals surface area contributed by atoms with Crippen molar-refractivity contribution in [3.8, 4) is 5.75 Å². The number of nitrogens with zero attached hydrogens (tertiary/aromatic N) is 2. The summed E-state index contributed by atoms with van der Waals surface area (Å²) in [6, 6.07) is 15.7. The van der Waals surface area contributed by atoms with Gasteiger partial charge in [0.1, 0.15) is 11.5 Å². The van der Waals surface area contributed by atoms with Crippen molar-refractivity contribution in [2.75, 3.05) is 27.7 Å². The summed E-state index contributed by atoms with van der Waals surface area (Å²) >= 11 is 1.62. The third kappa shape index (κ3) is 5.68. The van der Waals surface area contributed by atoms with Crippen LogP contribution in [0.4, 0.5) is 0 Å². The van der Waals surface area contributed by atoms with Gasteiger partial charge in [-0.1, -0.05) is 29.4 Å². The lowest BCUT2D eigenvalue weighted by molar-refractivity contribution is 0.0939. The third-order valence-corrected chi connectivity index (χ3v) is 6.36. The van der Waals surface area contributed by atoms with E-state index in [1.807, 2.05) is 76.5 Å². The average Bonchev–Trinajstić information content (AvgIpc) is 3.10. The maximum atomic E-state index is 13.0. The molecule has 1 amide bonds. The van der Waals surface area contributed by atoms with Gasteiger partial charge < -0.3 is 19.5 Å². The van der Waals surface area contributed by atoms with Gasteiger partial charge in [0.15, 0.2) is 0 Å². The number of thioether (sulfide) groups is 1. The molecule has 2 aromatic carbocycles. The quantitative estimate of drug-likeness (QED) is 0.491. The van der Waals surface area contributed by atoms with Crippen molar-refractivity contribution >= 4 is 17.7 Å². The van der Waals surface area contributed by atoms with Crippen LogP contribution in [0.5, 0.6) is 5.75 Å². The minimum atomic E-state index is -0.0813. The van der Waals surface area contributed by atoms with Gasteiger partial charge in [-0.25, -0.2) is 0 Å². The van der Waals surface area contributed by atoms with Crippen molar-refractivity contribution in [1.29, 1.82) is 0 Å². The molecule has 0 saturated heterocycles. The molecule has 7 heteroatoms. The van der Waals surface area contributed by atoms with Crippen molar-refractivity contribution in [2.24, 2.45) is 0 Å². The molecule has 0 bridgehead atoms. The molecule has 0 aliphatic carbocycles. The SMILES string of the molecule is COc1ccc(C(CNC(=O)c2ccccc2SCc2c(C)noc2C)N(C)C)cc1. The van der Waals surface area contributed by atoms with Crippen LogP contribution in [0.2, 0.25) is 0 Å². The van der Waals surface area contributed by atoms with Crippen LogP contribution in [0.15, 0.2) is 57.9 Å². The first kappa shape index (κ1) is 22.9. The fourth-order valence-electron chi connectivity index (χ4n) is 3.35. The monoisotopic (exact) mass is 439 g/mol. The van der Waals surface area contributed by atoms with Crippen LogP contribution in [0, 0.1) is 13.8 Å². The summed E-state index contributed by atoms with van der Waals surface area (Å²) in [5.41, 5.74) is 3.76. The largest absolute Gasteiger partial charge is 0.497 e. The van der Waals surface area contributed by atoms with E-state index in [0.717, 1.165) is 33.2 Å². The van der Waals surface area contributed by atoms with Crippen LogP contribution < -0.4 is 10.1 Å². The summed E-state index contributed by atoms with van der Waals surface area (Å²) in [5.74, 6) is 2.26. The summed E-state index contributed by atoms with van der Waals surface area (Å²) in [5, 5.41) is 7.12. The van der Waals surface area contributed by atoms with Gasteiger partial charge >= 0.3 is 0 Å². The predicted molar refractivity (Wildman–Crippen MR) is 124 cm³/mol. The smallest absolute Gasteiger partial charge is 0.252 e. The van der Waals surface area contributed by atoms with Crippen LogP contribution in [-0.4, -0.2) is 43.7 Å². The van der Waals surface area contributed by atoms with E-state index in [4.69, 9.17) is 9.26 Å². The van der Waals surface area contributed by atoms with E-state index in [0.29, 0.717) is 17.9 Å². The number of amides is 1. The van der Waals surface area contributed by atoms with Crippen molar-refractivity contribution in [1.82, 2.24) is 15.4 Å². The summed E-state index contributed by atoms with van der Waals surface area (Å²) in [7, 11) is 5.67. The lowest BCUT2D eigenvalue weighted by atomic mass is 10.1. The molecule has 31 heavy (non-hydrogen) atoms. The van der Waals surface area contributed by atoms with Crippen LogP contribution in [-0.2, 0) is 5.75 Å². The molecular weight excluding hydrogens is 410 g/mol. The molecule has 0 fully saturated rings. The molecule has 6 nitrogen and oxygen atoms in total. The van der Waals surface area contributed by atoms with E-state index in [1.165, 1.54) is 0 Å². The Morgan fingerprint density at radius 3 is 2.48 bits per heavy atom. The van der Waals surface area contributed by atoms with Gasteiger partial charge in [0.2, 0.25) is 0 Å². The number of aryl methyl sites for hydroxylation is 2. The molecule has 0 spiro atoms. The molecule has 0 aliphatic rings. The number of methoxy groups -OCH3 is 1. The predicted octanol–water partition coefficient (Wildman–Crippen LogP) is 4.63. The molecule has 1 unspecified atom stereocenters. The molecule has 1 aromatic heterocycles. The minimum Gasteiger partial charge on any atom is -0.497 e. The van der Waals surface area contributed by atoms with Gasteiger partial charge in [-0.3, -0.25) is 4.79 Å². The fraction of sp³-hybridized carbons (Fsp3) is 0.333. The number of rotatable bonds is 9. The Morgan fingerprint density at radius 2 is 1.87 bits per heavy atom. The van der Waals surface area contributed by atoms with E-state index in [-0.39, 0.29) is 11.9 Å². The highest BCUT2D eigenvalue weighted by Gasteiger charge is 2.18. The molecule has 0 saturated carbocycles. The third-order valence-electron chi connectivity index (χ3n) is 5.26. The molecular formula is C24H29N3O3S. The van der Waals surface area contributed by atoms with Gasteiger partial charge in [-0.15, -0.1) is 11.8 Å². The zero-order valence-electron chi connectivity index (χ0n) is 18.6. The Hall–Kier alpha value is -2.77. The van der Waals surface area contributed by atoms with Gasteiger partial charge in [-0.2, -0.15) is 0 Å². The van der Waals surface area contributed by atoms with Gasteiger partial charge in [0.25, 0.3) is 5.91 Å². The topological polar surface area (TPSA) is 67.6 Å². The van der Waals surface area contributed by atoms with Crippen LogP contribution in [0.3, 0.4) is 0 Å². The molecule has 1 heterocycles. The molecule has 0 radical (unpaired) electrons. The van der Waals surface area contributed by atoms with Crippen molar-refractivity contribution in [2.45, 2.75) is 30.5 Å². The Bertz CT molecular complexity index is 996. The summed E-state index contributed by atoms with van der Waals surface area (Å²) in [4.78, 5) is 16.1. The van der Waals surface area contributed by atoms with E-state index < -0.39 is 0 Å². The van der Waals surface area contributed by atoms with E-state index in [1.54, 1.807) is 18.9 Å². The summed E-state index contributed by atoms with van der Waals surface area (Å²) < 4.78 is 10.5. The number of benzene rings is 2. The number of hydrogen-bond acceptors (Lipinski definition) is 6. The molecule has 3 rings (SSSR count). The standard InChI is InChI=1S/C24H29N3O3S/c1-16-21(17(2)30-26-16)15-31-23-9-7-6-8-20(23)24(28)25-14-22(27(3)4)18-10-12-19(29-5)13-11-18/h6-13,22H,14-15H2,1-5H3,(H,25,28). The normalized spacial score (nSPS) is 12.1. The number of likely N-dealkylation sites (N-methyl/N-ethyl adjacent to an activating group) is 1. The van der Waals surface area contributed by atoms with E-state index >= 15 is 0 Å². The van der Waals surface area contributed by atoms with Gasteiger partial charge in [0.05, 0.1) is 24.4 Å². The second-order valence-corrected chi connectivity index (χ2v) is 8.57. The first-order chi connectivity index (χ1) is 14.9. The molecule has 1 N–H and O–H groups in total. The number of aromatic nitrogens is 1. The van der Waals surface area contributed by atoms with Crippen molar-refractivity contribution in [3.63, 3.8) is 0 Å². The zero-order valence-corrected chi connectivity index (χ0v) is 19.5. The highest BCUT2D eigenvalue weighted by Crippen LogP contribution is 2.29. The van der Waals surface area contributed by atoms with Crippen molar-refractivity contribution < 1.29 is 14.1 Å². The van der Waals surface area contributed by atoms with E-state index in [9.17, 15) is 4.79 Å². The van der Waals surface area contributed by atoms with Gasteiger partial charge in [-0.05, 0) is 57.8 Å². The number of ether oxygens (including phenoxy) is 1. The average molecular weight is 440 g/mol. The Labute approximate surface area is 188 Å². The number of carbonyl (C=O) groups is 1. The second kappa shape index (κ2) is 10.5. The molecule has 164 valence electrons. The molecule has 0 aliphatic heterocycles. The number of carbonyl (C=O) groups excluding carboxylic acids is 1. The van der Waals surface area contributed by atoms with Crippen LogP contribution in [0.25, 0.3) is 0 Å². The Kier molecular flexibility index (Phi) is 7.76. The fourth-order valence-corrected chi connectivity index (χ4v) is 4.55. The first-order valence-electron chi connectivity index (χ1n) is 10.1. The Morgan fingerprint density at radius 1 is 1.16 bits per heavy atom. The van der Waals surface area contributed by atoms with Crippen molar-refractivity contribution in [3.05, 3.63) is 76.7 Å². The summed E-state index contributed by atoms with van der Waals surface area (Å²) in [6.45, 7) is 4.35. The van der Waals surface area contributed by atoms with E-state index in [2.05, 4.69) is 15.4 Å². The van der Waals surface area contributed by atoms with Gasteiger partial charge in [0, 0.05) is 22.8 Å². The number of nitrogens with one attached hydrogen (secondary N) is 1. The first-order valence-corrected chi connectivity index (χ1v) is 11.1. The highest BCUT2D eigenvalue weighted by atomic mass is 32.2. The Balaban J connectivity index is 1.69. The highest BCUT2D eigenvalue weighted by molar-refractivity contribution is 7.98. The second-order valence-electron chi connectivity index (χ2n) is 7.55.